The quantitative estimate of drug-likeness (QED) is 0.309. The number of carbonyl (C=O) groups is 1. The van der Waals surface area contributed by atoms with Crippen LogP contribution in [0.3, 0.4) is 0 Å². The molecule has 0 aliphatic heterocycles. The molecule has 2 amide bonds. The van der Waals surface area contributed by atoms with Crippen LogP contribution in [0.5, 0.6) is 0 Å². The van der Waals surface area contributed by atoms with Crippen LogP contribution in [-0.4, -0.2) is 17.1 Å². The predicted octanol–water partition coefficient (Wildman–Crippen LogP) is 7.58. The number of benzene rings is 2. The maximum absolute atomic E-state index is 14.7. The molecule has 2 aromatic carbocycles. The van der Waals surface area contributed by atoms with Crippen LogP contribution in [0.15, 0.2) is 54.7 Å². The third-order valence-corrected chi connectivity index (χ3v) is 7.14. The van der Waals surface area contributed by atoms with Crippen LogP contribution >= 0.6 is 23.2 Å². The molecule has 196 valence electrons. The minimum atomic E-state index is -4.82. The van der Waals surface area contributed by atoms with E-state index in [4.69, 9.17) is 23.2 Å². The molecule has 1 saturated carbocycles. The number of aryl methyl sites for hydroxylation is 1. The first kappa shape index (κ1) is 27.2. The van der Waals surface area contributed by atoms with Crippen molar-refractivity contribution >= 4 is 29.2 Å². The highest BCUT2D eigenvalue weighted by Crippen LogP contribution is 2.39. The Bertz CT molecular complexity index is 1280. The van der Waals surface area contributed by atoms with E-state index in [1.54, 1.807) is 18.2 Å². The maximum atomic E-state index is 14.7. The molecule has 0 bridgehead atoms. The summed E-state index contributed by atoms with van der Waals surface area (Å²) >= 11 is 12.6. The van der Waals surface area contributed by atoms with Gasteiger partial charge < -0.3 is 10.6 Å². The van der Waals surface area contributed by atoms with Crippen molar-refractivity contribution in [2.75, 3.05) is 0 Å². The van der Waals surface area contributed by atoms with Crippen molar-refractivity contribution in [2.24, 2.45) is 0 Å². The molecular weight excluding hydrogens is 529 g/mol. The van der Waals surface area contributed by atoms with Gasteiger partial charge in [0.05, 0.1) is 16.3 Å². The minimum Gasteiger partial charge on any atom is -0.335 e. The summed E-state index contributed by atoms with van der Waals surface area (Å²) in [6.07, 6.45) is -0.0748. The van der Waals surface area contributed by atoms with Crippen molar-refractivity contribution in [3.05, 3.63) is 98.5 Å². The largest absolute Gasteiger partial charge is 0.416 e. The summed E-state index contributed by atoms with van der Waals surface area (Å²) in [4.78, 5) is 17.7. The molecule has 3 aromatic rings. The van der Waals surface area contributed by atoms with E-state index in [2.05, 4.69) is 15.6 Å². The monoisotopic (exact) mass is 553 g/mol. The lowest BCUT2D eigenvalue weighted by Crippen LogP contribution is -2.54. The lowest BCUT2D eigenvalue weighted by Gasteiger charge is -2.36. The number of nitrogens with zero attached hydrogens (tertiary/aromatic N) is 1. The fraction of sp³-hybridized carbons (Fsp3) is 0.333. The van der Waals surface area contributed by atoms with E-state index in [9.17, 15) is 22.4 Å². The van der Waals surface area contributed by atoms with E-state index in [1.165, 1.54) is 18.3 Å². The van der Waals surface area contributed by atoms with Gasteiger partial charge in [-0.25, -0.2) is 9.18 Å². The van der Waals surface area contributed by atoms with E-state index < -0.39 is 29.1 Å². The number of hydrogen-bond donors (Lipinski definition) is 2. The SMILES string of the molecule is Cc1ccc(C[C@@](NC(=O)NC2CCCC2)(c2cc(F)cc(C(F)(F)F)c2)c2ccc(Cl)cn2)c(Cl)c1. The normalized spacial score (nSPS) is 15.9. The highest BCUT2D eigenvalue weighted by atomic mass is 35.5. The third-order valence-electron chi connectivity index (χ3n) is 6.56. The first-order valence-electron chi connectivity index (χ1n) is 11.8. The molecular formula is C27H25Cl2F4N3O. The molecule has 37 heavy (non-hydrogen) atoms. The Hall–Kier alpha value is -2.84. The van der Waals surface area contributed by atoms with E-state index in [0.717, 1.165) is 43.4 Å². The highest BCUT2D eigenvalue weighted by molar-refractivity contribution is 6.31. The van der Waals surface area contributed by atoms with Gasteiger partial charge >= 0.3 is 12.2 Å². The summed E-state index contributed by atoms with van der Waals surface area (Å²) in [6, 6.07) is 9.79. The number of amides is 2. The number of aromatic nitrogens is 1. The first-order valence-corrected chi connectivity index (χ1v) is 12.6. The Morgan fingerprint density at radius 1 is 1.03 bits per heavy atom. The number of halogens is 6. The van der Waals surface area contributed by atoms with Gasteiger partial charge in [0, 0.05) is 23.7 Å². The zero-order chi connectivity index (χ0) is 26.8. The number of nitrogens with one attached hydrogen (secondary N) is 2. The van der Waals surface area contributed by atoms with Gasteiger partial charge in [0.2, 0.25) is 0 Å². The molecule has 1 aliphatic carbocycles. The molecule has 0 saturated heterocycles. The highest BCUT2D eigenvalue weighted by Gasteiger charge is 2.41. The standard InChI is InChI=1S/C27H25Cl2F4N3O/c1-16-6-7-17(23(29)10-16)14-26(24-9-8-20(28)15-34-24,36-25(37)35-22-4-2-3-5-22)18-11-19(27(31,32)33)13-21(30)12-18/h6-13,15,22H,2-5,14H2,1H3,(H2,35,36,37)/t26-/m1/s1. The van der Waals surface area contributed by atoms with Crippen molar-refractivity contribution in [2.45, 2.75) is 56.8 Å². The number of pyridine rings is 1. The third kappa shape index (κ3) is 6.36. The summed E-state index contributed by atoms with van der Waals surface area (Å²) in [6.45, 7) is 1.85. The molecule has 4 rings (SSSR count). The topological polar surface area (TPSA) is 54.0 Å². The number of carbonyl (C=O) groups excluding carboxylic acids is 1. The Morgan fingerprint density at radius 3 is 2.35 bits per heavy atom. The number of hydrogen-bond acceptors (Lipinski definition) is 2. The predicted molar refractivity (Wildman–Crippen MR) is 135 cm³/mol. The average molecular weight is 554 g/mol. The second-order valence-electron chi connectivity index (χ2n) is 9.34. The molecule has 1 aliphatic rings. The number of rotatable bonds is 6. The van der Waals surface area contributed by atoms with Gasteiger partial charge in [-0.05, 0) is 72.9 Å². The van der Waals surface area contributed by atoms with Crippen LogP contribution in [0, 0.1) is 12.7 Å². The fourth-order valence-corrected chi connectivity index (χ4v) is 5.13. The van der Waals surface area contributed by atoms with E-state index >= 15 is 0 Å². The summed E-state index contributed by atoms with van der Waals surface area (Å²) in [5, 5.41) is 6.40. The summed E-state index contributed by atoms with van der Waals surface area (Å²) in [7, 11) is 0. The zero-order valence-corrected chi connectivity index (χ0v) is 21.4. The van der Waals surface area contributed by atoms with Gasteiger partial charge in [-0.3, -0.25) is 4.98 Å². The molecule has 1 aromatic heterocycles. The lowest BCUT2D eigenvalue weighted by molar-refractivity contribution is -0.137. The van der Waals surface area contributed by atoms with Crippen molar-refractivity contribution in [3.8, 4) is 0 Å². The van der Waals surface area contributed by atoms with Crippen LogP contribution < -0.4 is 10.6 Å². The minimum absolute atomic E-state index is 0.0721. The Labute approximate surface area is 222 Å². The molecule has 0 spiro atoms. The molecule has 1 fully saturated rings. The average Bonchev–Trinajstić information content (AvgIpc) is 3.32. The van der Waals surface area contributed by atoms with Gasteiger partial charge in [0.1, 0.15) is 11.4 Å². The van der Waals surface area contributed by atoms with Gasteiger partial charge in [-0.2, -0.15) is 13.2 Å². The second-order valence-corrected chi connectivity index (χ2v) is 10.2. The van der Waals surface area contributed by atoms with Crippen LogP contribution in [0.25, 0.3) is 0 Å². The van der Waals surface area contributed by atoms with Crippen LogP contribution in [0.2, 0.25) is 10.0 Å². The Balaban J connectivity index is 1.92. The van der Waals surface area contributed by atoms with Crippen molar-refractivity contribution in [1.29, 1.82) is 0 Å². The molecule has 1 heterocycles. The van der Waals surface area contributed by atoms with Gasteiger partial charge in [-0.1, -0.05) is 48.2 Å². The van der Waals surface area contributed by atoms with Crippen LogP contribution in [0.4, 0.5) is 22.4 Å². The van der Waals surface area contributed by atoms with Crippen LogP contribution in [-0.2, 0) is 18.1 Å². The van der Waals surface area contributed by atoms with Crippen molar-refractivity contribution < 1.29 is 22.4 Å². The summed E-state index contributed by atoms with van der Waals surface area (Å²) in [5.74, 6) is -1.10. The smallest absolute Gasteiger partial charge is 0.335 e. The van der Waals surface area contributed by atoms with Crippen LogP contribution in [0.1, 0.15) is 53.6 Å². The molecule has 0 unspecified atom stereocenters. The van der Waals surface area contributed by atoms with Crippen molar-refractivity contribution in [3.63, 3.8) is 0 Å². The van der Waals surface area contributed by atoms with Gasteiger partial charge in [0.25, 0.3) is 0 Å². The summed E-state index contributed by atoms with van der Waals surface area (Å²) < 4.78 is 55.9. The second kappa shape index (κ2) is 10.9. The van der Waals surface area contributed by atoms with E-state index in [-0.39, 0.29) is 28.7 Å². The van der Waals surface area contributed by atoms with E-state index in [1.807, 2.05) is 6.92 Å². The Morgan fingerprint density at radius 2 is 1.73 bits per heavy atom. The molecule has 0 radical (unpaired) electrons. The van der Waals surface area contributed by atoms with Crippen molar-refractivity contribution in [1.82, 2.24) is 15.6 Å². The number of alkyl halides is 3. The number of urea groups is 1. The molecule has 4 nitrogen and oxygen atoms in total. The summed E-state index contributed by atoms with van der Waals surface area (Å²) in [5.41, 5.74) is -1.45. The van der Waals surface area contributed by atoms with E-state index in [0.29, 0.717) is 16.7 Å². The lowest BCUT2D eigenvalue weighted by atomic mass is 9.79. The zero-order valence-electron chi connectivity index (χ0n) is 19.9. The van der Waals surface area contributed by atoms with Gasteiger partial charge in [0.15, 0.2) is 0 Å². The maximum Gasteiger partial charge on any atom is 0.416 e. The molecule has 2 N–H and O–H groups in total. The molecule has 1 atom stereocenters. The fourth-order valence-electron chi connectivity index (χ4n) is 4.72. The molecule has 10 heteroatoms. The Kier molecular flexibility index (Phi) is 7.99. The first-order chi connectivity index (χ1) is 17.5. The van der Waals surface area contributed by atoms with Gasteiger partial charge in [-0.15, -0.1) is 0 Å².